The second kappa shape index (κ2) is 1.90. The van der Waals surface area contributed by atoms with E-state index >= 15 is 0 Å². The summed E-state index contributed by atoms with van der Waals surface area (Å²) in [5.41, 5.74) is 0.883. The molecule has 0 spiro atoms. The van der Waals surface area contributed by atoms with Gasteiger partial charge in [-0.15, -0.1) is 0 Å². The Balaban J connectivity index is 3.20. The van der Waals surface area contributed by atoms with Gasteiger partial charge in [0.2, 0.25) is 0 Å². The van der Waals surface area contributed by atoms with E-state index in [-0.39, 0.29) is 0 Å². The number of aryl methyl sites for hydroxylation is 2. The fourth-order valence-corrected chi connectivity index (χ4v) is 0.719. The first-order valence-electron chi connectivity index (χ1n) is 2.66. The maximum Gasteiger partial charge on any atom is 0.189 e. The molecule has 0 N–H and O–H groups in total. The predicted molar refractivity (Wildman–Crippen MR) is 32.7 cm³/mol. The standard InChI is InChI=1S/C6H7N3/c1-5-3-9(4-7)6(2)8-5/h3H,1-2H3/i9+1. The molecule has 3 nitrogen and oxygen atoms in total. The summed E-state index contributed by atoms with van der Waals surface area (Å²) >= 11 is 0. The third-order valence-corrected chi connectivity index (χ3v) is 1.11. The number of aromatic nitrogens is 2. The van der Waals surface area contributed by atoms with Crippen LogP contribution in [0.4, 0.5) is 0 Å². The molecule has 1 aromatic rings. The van der Waals surface area contributed by atoms with E-state index < -0.39 is 0 Å². The van der Waals surface area contributed by atoms with Gasteiger partial charge in [-0.25, -0.2) is 9.55 Å². The van der Waals surface area contributed by atoms with Crippen molar-refractivity contribution in [3.05, 3.63) is 17.7 Å². The summed E-state index contributed by atoms with van der Waals surface area (Å²) in [7, 11) is 0. The van der Waals surface area contributed by atoms with E-state index in [1.807, 2.05) is 13.1 Å². The Morgan fingerprint density at radius 3 is 2.56 bits per heavy atom. The quantitative estimate of drug-likeness (QED) is 0.511. The summed E-state index contributed by atoms with van der Waals surface area (Å²) < 4.78 is 1.44. The van der Waals surface area contributed by atoms with Crippen molar-refractivity contribution in [2.75, 3.05) is 0 Å². The van der Waals surface area contributed by atoms with Crippen LogP contribution in [0, 0.1) is 25.3 Å². The van der Waals surface area contributed by atoms with E-state index in [0.717, 1.165) is 11.5 Å². The lowest BCUT2D eigenvalue weighted by Gasteiger charge is -1.83. The van der Waals surface area contributed by atoms with E-state index in [1.54, 1.807) is 13.1 Å². The van der Waals surface area contributed by atoms with Gasteiger partial charge in [-0.2, -0.15) is 5.26 Å². The fraction of sp³-hybridized carbons (Fsp3) is 0.333. The molecule has 0 aliphatic carbocycles. The van der Waals surface area contributed by atoms with Crippen molar-refractivity contribution in [1.29, 1.82) is 5.26 Å². The Labute approximate surface area is 53.6 Å². The molecular weight excluding hydrogens is 115 g/mol. The Bertz CT molecular complexity index is 254. The molecule has 0 amide bonds. The summed E-state index contributed by atoms with van der Waals surface area (Å²) in [6.45, 7) is 3.66. The number of imidazole rings is 1. The van der Waals surface area contributed by atoms with E-state index in [1.165, 1.54) is 4.57 Å². The van der Waals surface area contributed by atoms with Crippen LogP contribution in [0.2, 0.25) is 0 Å². The topological polar surface area (TPSA) is 41.6 Å². The summed E-state index contributed by atoms with van der Waals surface area (Å²) in [5, 5.41) is 8.40. The molecule has 0 bridgehead atoms. The minimum atomic E-state index is 0.745. The maximum absolute atomic E-state index is 8.40. The van der Waals surface area contributed by atoms with Gasteiger partial charge in [0.15, 0.2) is 6.19 Å². The smallest absolute Gasteiger partial charge is 0.189 e. The van der Waals surface area contributed by atoms with Crippen LogP contribution in [0.1, 0.15) is 11.5 Å². The van der Waals surface area contributed by atoms with Gasteiger partial charge in [-0.05, 0) is 13.8 Å². The van der Waals surface area contributed by atoms with Crippen LogP contribution < -0.4 is 0 Å². The highest BCUT2D eigenvalue weighted by molar-refractivity contribution is 5.05. The van der Waals surface area contributed by atoms with Crippen molar-refractivity contribution in [3.63, 3.8) is 0 Å². The van der Waals surface area contributed by atoms with E-state index in [0.29, 0.717) is 0 Å². The molecule has 3 heteroatoms. The SMILES string of the molecule is Cc1c[15n](C#N)c(C)n1. The van der Waals surface area contributed by atoms with Crippen molar-refractivity contribution >= 4 is 0 Å². The third kappa shape index (κ3) is 0.918. The highest BCUT2D eigenvalue weighted by Crippen LogP contribution is 1.96. The van der Waals surface area contributed by atoms with Crippen molar-refractivity contribution in [3.8, 4) is 6.19 Å². The molecule has 0 aliphatic heterocycles. The minimum absolute atomic E-state index is 0.745. The zero-order chi connectivity index (χ0) is 6.85. The van der Waals surface area contributed by atoms with E-state index in [9.17, 15) is 0 Å². The van der Waals surface area contributed by atoms with Crippen molar-refractivity contribution in [2.24, 2.45) is 0 Å². The maximum atomic E-state index is 8.40. The monoisotopic (exact) mass is 122 g/mol. The largest absolute Gasteiger partial charge is 0.240 e. The number of nitrogens with zero attached hydrogens (tertiary/aromatic N) is 3. The van der Waals surface area contributed by atoms with Gasteiger partial charge in [-0.3, -0.25) is 0 Å². The average Bonchev–Trinajstić information content (AvgIpc) is 2.10. The van der Waals surface area contributed by atoms with Crippen LogP contribution in [-0.2, 0) is 0 Å². The van der Waals surface area contributed by atoms with Crippen molar-refractivity contribution < 1.29 is 0 Å². The van der Waals surface area contributed by atoms with Crippen LogP contribution in [0.15, 0.2) is 6.20 Å². The third-order valence-electron chi connectivity index (χ3n) is 1.11. The normalized spacial score (nSPS) is 9.00. The molecule has 0 aromatic carbocycles. The van der Waals surface area contributed by atoms with Gasteiger partial charge in [0.25, 0.3) is 0 Å². The molecule has 9 heavy (non-hydrogen) atoms. The Hall–Kier alpha value is -1.30. The van der Waals surface area contributed by atoms with Crippen LogP contribution >= 0.6 is 0 Å². The summed E-state index contributed by atoms with van der Waals surface area (Å²) in [6.07, 6.45) is 3.67. The molecule has 46 valence electrons. The minimum Gasteiger partial charge on any atom is -0.240 e. The van der Waals surface area contributed by atoms with Crippen LogP contribution in [0.25, 0.3) is 0 Å². The second-order valence-electron chi connectivity index (χ2n) is 1.90. The fourth-order valence-electron chi connectivity index (χ4n) is 0.719. The summed E-state index contributed by atoms with van der Waals surface area (Å²) in [6, 6.07) is 0. The molecule has 1 aromatic heterocycles. The molecule has 1 heterocycles. The van der Waals surface area contributed by atoms with Crippen LogP contribution in [0.5, 0.6) is 0 Å². The van der Waals surface area contributed by atoms with Gasteiger partial charge in [0.1, 0.15) is 5.82 Å². The van der Waals surface area contributed by atoms with E-state index in [4.69, 9.17) is 5.26 Å². The van der Waals surface area contributed by atoms with Crippen molar-refractivity contribution in [1.82, 2.24) is 9.55 Å². The number of hydrogen-bond donors (Lipinski definition) is 0. The Kier molecular flexibility index (Phi) is 1.23. The van der Waals surface area contributed by atoms with Gasteiger partial charge >= 0.3 is 0 Å². The number of nitriles is 1. The number of rotatable bonds is 0. The van der Waals surface area contributed by atoms with Gasteiger partial charge in [0.05, 0.1) is 5.69 Å². The van der Waals surface area contributed by atoms with Crippen LogP contribution in [-0.4, -0.2) is 9.55 Å². The van der Waals surface area contributed by atoms with Gasteiger partial charge in [0, 0.05) is 6.20 Å². The molecule has 0 radical (unpaired) electrons. The number of hydrogen-bond acceptors (Lipinski definition) is 2. The predicted octanol–water partition coefficient (Wildman–Crippen LogP) is 0.829. The summed E-state index contributed by atoms with van der Waals surface area (Å²) in [4.78, 5) is 4.02. The van der Waals surface area contributed by atoms with Crippen LogP contribution in [0.3, 0.4) is 0 Å². The lowest BCUT2D eigenvalue weighted by atomic mass is 10.6. The molecule has 0 unspecified atom stereocenters. The molecule has 0 atom stereocenters. The molecular formula is C6H7N3. The molecule has 1 rings (SSSR count). The highest BCUT2D eigenvalue weighted by Gasteiger charge is 1.95. The average molecular weight is 122 g/mol. The molecule has 0 aliphatic rings. The Morgan fingerprint density at radius 1 is 1.67 bits per heavy atom. The lowest BCUT2D eigenvalue weighted by molar-refractivity contribution is 0.990. The van der Waals surface area contributed by atoms with Gasteiger partial charge < -0.3 is 0 Å². The Morgan fingerprint density at radius 2 is 2.33 bits per heavy atom. The van der Waals surface area contributed by atoms with E-state index in [2.05, 4.69) is 4.98 Å². The molecule has 0 saturated heterocycles. The lowest BCUT2D eigenvalue weighted by Crippen LogP contribution is -1.87. The zero-order valence-corrected chi connectivity index (χ0v) is 5.42. The first-order valence-corrected chi connectivity index (χ1v) is 2.66. The van der Waals surface area contributed by atoms with Crippen molar-refractivity contribution in [2.45, 2.75) is 13.8 Å². The molecule has 0 saturated carbocycles. The first kappa shape index (κ1) is 5.83. The van der Waals surface area contributed by atoms with Gasteiger partial charge in [-0.1, -0.05) is 0 Å². The molecule has 0 fully saturated rings. The summed E-state index contributed by atoms with van der Waals surface area (Å²) in [5.74, 6) is 0.745. The highest BCUT2D eigenvalue weighted by atomic mass is 15.7. The first-order chi connectivity index (χ1) is 4.24. The zero-order valence-electron chi connectivity index (χ0n) is 5.42. The second-order valence-corrected chi connectivity index (χ2v) is 1.90.